The number of sulfone groups is 1. The van der Waals surface area contributed by atoms with Gasteiger partial charge in [0.05, 0.1) is 28.3 Å². The fourth-order valence-corrected chi connectivity index (χ4v) is 9.30. The van der Waals surface area contributed by atoms with Crippen LogP contribution in [0.25, 0.3) is 10.9 Å². The van der Waals surface area contributed by atoms with E-state index in [4.69, 9.17) is 9.47 Å². The van der Waals surface area contributed by atoms with Gasteiger partial charge in [0.2, 0.25) is 0 Å². The zero-order valence-electron chi connectivity index (χ0n) is 28.1. The van der Waals surface area contributed by atoms with Crippen molar-refractivity contribution in [1.82, 2.24) is 10.3 Å². The van der Waals surface area contributed by atoms with Crippen LogP contribution in [0.15, 0.2) is 82.7 Å². The fraction of sp³-hybridized carbons (Fsp3) is 0.405. The molecule has 5 rings (SSSR count). The number of carbonyl (C=O) groups is 2. The van der Waals surface area contributed by atoms with Crippen LogP contribution in [0.1, 0.15) is 64.0 Å². The average molecular weight is 692 g/mol. The molecule has 1 atom stereocenters. The van der Waals surface area contributed by atoms with Crippen LogP contribution in [-0.4, -0.2) is 57.5 Å². The van der Waals surface area contributed by atoms with Gasteiger partial charge in [-0.1, -0.05) is 75.9 Å². The number of nitrogens with zero attached hydrogens (tertiary/aromatic N) is 1. The number of rotatable bonds is 14. The predicted molar refractivity (Wildman–Crippen MR) is 192 cm³/mol. The summed E-state index contributed by atoms with van der Waals surface area (Å²) in [6, 6.07) is 19.8. The maximum Gasteiger partial charge on any atom is 0.333 e. The van der Waals surface area contributed by atoms with E-state index in [1.54, 1.807) is 12.3 Å². The minimum absolute atomic E-state index is 0.0420. The normalized spacial score (nSPS) is 15.7. The SMILES string of the molecule is CCCCC1(CCCC)CN(c2ccccc2)c2cc(SC)c(OCC(=O)NC(C(=O)OC)c3c[nH]c4ccccc34)cc2S(=O)(=O)C1. The molecule has 2 N–H and O–H groups in total. The number of methoxy groups -OCH3 is 1. The summed E-state index contributed by atoms with van der Waals surface area (Å²) < 4.78 is 39.8. The highest BCUT2D eigenvalue weighted by molar-refractivity contribution is 7.98. The Kier molecular flexibility index (Phi) is 11.4. The van der Waals surface area contributed by atoms with Crippen molar-refractivity contribution in [3.8, 4) is 5.75 Å². The number of carbonyl (C=O) groups excluding carboxylic acids is 2. The van der Waals surface area contributed by atoms with Gasteiger partial charge in [0, 0.05) is 46.4 Å². The van der Waals surface area contributed by atoms with E-state index >= 15 is 0 Å². The van der Waals surface area contributed by atoms with Gasteiger partial charge >= 0.3 is 5.97 Å². The first-order valence-corrected chi connectivity index (χ1v) is 19.4. The molecule has 1 aromatic heterocycles. The second-order valence-corrected chi connectivity index (χ2v) is 15.3. The van der Waals surface area contributed by atoms with Crippen molar-refractivity contribution in [1.29, 1.82) is 0 Å². The molecular formula is C37H45N3O6S2. The van der Waals surface area contributed by atoms with Crippen LogP contribution < -0.4 is 15.0 Å². The molecule has 1 amide bonds. The second kappa shape index (κ2) is 15.5. The van der Waals surface area contributed by atoms with Crippen molar-refractivity contribution < 1.29 is 27.5 Å². The maximum atomic E-state index is 14.4. The van der Waals surface area contributed by atoms with E-state index in [0.29, 0.717) is 28.4 Å². The largest absolute Gasteiger partial charge is 0.483 e. The number of hydrogen-bond donors (Lipinski definition) is 2. The zero-order chi connectivity index (χ0) is 34.3. The molecule has 4 aromatic rings. The third-order valence-corrected chi connectivity index (χ3v) is 11.8. The lowest BCUT2D eigenvalue weighted by molar-refractivity contribution is -0.145. The summed E-state index contributed by atoms with van der Waals surface area (Å²) in [4.78, 5) is 32.3. The molecule has 0 saturated carbocycles. The molecule has 1 aliphatic heterocycles. The van der Waals surface area contributed by atoms with E-state index in [1.165, 1.54) is 18.9 Å². The number of benzene rings is 3. The Morgan fingerprint density at radius 1 is 1.02 bits per heavy atom. The van der Waals surface area contributed by atoms with Crippen LogP contribution in [0, 0.1) is 5.41 Å². The molecule has 9 nitrogen and oxygen atoms in total. The Balaban J connectivity index is 1.48. The molecule has 256 valence electrons. The minimum atomic E-state index is -3.75. The van der Waals surface area contributed by atoms with Gasteiger partial charge in [0.25, 0.3) is 5.91 Å². The third kappa shape index (κ3) is 7.68. The average Bonchev–Trinajstić information content (AvgIpc) is 3.50. The van der Waals surface area contributed by atoms with Crippen molar-refractivity contribution in [3.63, 3.8) is 0 Å². The molecule has 0 spiro atoms. The summed E-state index contributed by atoms with van der Waals surface area (Å²) in [6.07, 6.45) is 9.07. The van der Waals surface area contributed by atoms with Gasteiger partial charge in [0.1, 0.15) is 5.75 Å². The highest BCUT2D eigenvalue weighted by Crippen LogP contribution is 2.47. The molecular weight excluding hydrogens is 647 g/mol. The van der Waals surface area contributed by atoms with Crippen LogP contribution in [0.2, 0.25) is 0 Å². The number of ether oxygens (including phenoxy) is 2. The monoisotopic (exact) mass is 691 g/mol. The van der Waals surface area contributed by atoms with Gasteiger partial charge in [-0.25, -0.2) is 13.2 Å². The van der Waals surface area contributed by atoms with Crippen LogP contribution in [-0.2, 0) is 24.2 Å². The summed E-state index contributed by atoms with van der Waals surface area (Å²) in [5.74, 6) is -0.834. The highest BCUT2D eigenvalue weighted by Gasteiger charge is 2.42. The number of unbranched alkanes of at least 4 members (excludes halogenated alkanes) is 2. The smallest absolute Gasteiger partial charge is 0.333 e. The molecule has 3 aromatic carbocycles. The number of H-pyrrole nitrogens is 1. The van der Waals surface area contributed by atoms with Gasteiger partial charge in [0.15, 0.2) is 22.5 Å². The van der Waals surface area contributed by atoms with Crippen molar-refractivity contribution in [2.45, 2.75) is 68.2 Å². The molecule has 48 heavy (non-hydrogen) atoms. The Bertz CT molecular complexity index is 1830. The molecule has 2 heterocycles. The predicted octanol–water partition coefficient (Wildman–Crippen LogP) is 7.59. The molecule has 0 saturated heterocycles. The van der Waals surface area contributed by atoms with Crippen molar-refractivity contribution in [2.75, 3.05) is 37.2 Å². The Labute approximate surface area is 287 Å². The molecule has 0 fully saturated rings. The van der Waals surface area contributed by atoms with Gasteiger partial charge < -0.3 is 24.7 Å². The molecule has 0 aliphatic carbocycles. The lowest BCUT2D eigenvalue weighted by Gasteiger charge is -2.37. The second-order valence-electron chi connectivity index (χ2n) is 12.5. The summed E-state index contributed by atoms with van der Waals surface area (Å²) in [7, 11) is -2.48. The van der Waals surface area contributed by atoms with Gasteiger partial charge in [-0.2, -0.15) is 0 Å². The molecule has 1 aliphatic rings. The lowest BCUT2D eigenvalue weighted by atomic mass is 9.79. The van der Waals surface area contributed by atoms with Crippen LogP contribution in [0.3, 0.4) is 0 Å². The van der Waals surface area contributed by atoms with Crippen LogP contribution in [0.4, 0.5) is 11.4 Å². The number of para-hydroxylation sites is 2. The minimum Gasteiger partial charge on any atom is -0.483 e. The van der Waals surface area contributed by atoms with Crippen molar-refractivity contribution in [2.24, 2.45) is 5.41 Å². The zero-order valence-corrected chi connectivity index (χ0v) is 29.7. The number of fused-ring (bicyclic) bond motifs is 2. The van der Waals surface area contributed by atoms with Gasteiger partial charge in [-0.05, 0) is 43.4 Å². The number of aromatic nitrogens is 1. The quantitative estimate of drug-likeness (QED) is 0.103. The number of anilines is 2. The third-order valence-electron chi connectivity index (χ3n) is 9.08. The van der Waals surface area contributed by atoms with E-state index in [0.717, 1.165) is 55.1 Å². The number of hydrogen-bond acceptors (Lipinski definition) is 8. The van der Waals surface area contributed by atoms with Crippen LogP contribution in [0.5, 0.6) is 5.75 Å². The van der Waals surface area contributed by atoms with Gasteiger partial charge in [-0.3, -0.25) is 4.79 Å². The molecule has 0 bridgehead atoms. The summed E-state index contributed by atoms with van der Waals surface area (Å²) in [5, 5.41) is 3.53. The van der Waals surface area contributed by atoms with Crippen molar-refractivity contribution in [3.05, 3.63) is 78.5 Å². The molecule has 1 unspecified atom stereocenters. The van der Waals surface area contributed by atoms with E-state index < -0.39 is 39.8 Å². The van der Waals surface area contributed by atoms with E-state index in [-0.39, 0.29) is 10.6 Å². The molecule has 0 radical (unpaired) electrons. The lowest BCUT2D eigenvalue weighted by Crippen LogP contribution is -2.38. The fourth-order valence-electron chi connectivity index (χ4n) is 6.64. The van der Waals surface area contributed by atoms with E-state index in [9.17, 15) is 18.0 Å². The van der Waals surface area contributed by atoms with Crippen LogP contribution >= 0.6 is 11.8 Å². The number of nitrogens with one attached hydrogen (secondary N) is 2. The first-order valence-electron chi connectivity index (χ1n) is 16.5. The summed E-state index contributed by atoms with van der Waals surface area (Å²) in [5.41, 5.74) is 2.51. The van der Waals surface area contributed by atoms with Crippen molar-refractivity contribution >= 4 is 55.8 Å². The van der Waals surface area contributed by atoms with E-state index in [1.807, 2.05) is 66.9 Å². The van der Waals surface area contributed by atoms with Gasteiger partial charge in [-0.15, -0.1) is 11.8 Å². The highest BCUT2D eigenvalue weighted by atomic mass is 32.2. The summed E-state index contributed by atoms with van der Waals surface area (Å²) in [6.45, 7) is 4.44. The number of esters is 1. The van der Waals surface area contributed by atoms with E-state index in [2.05, 4.69) is 29.0 Å². The number of thioether (sulfide) groups is 1. The Morgan fingerprint density at radius 2 is 1.71 bits per heavy atom. The summed E-state index contributed by atoms with van der Waals surface area (Å²) >= 11 is 1.42. The Morgan fingerprint density at radius 3 is 2.38 bits per heavy atom. The topological polar surface area (TPSA) is 118 Å². The standard InChI is InChI=1S/C37H45N3O6S2/c1-5-7-18-37(19-8-6-2)24-40(26-14-10-9-11-15-26)30-20-32(47-4)31(21-33(30)48(43,44)25-37)46-23-34(41)39-35(36(42)45-3)28-22-38-29-17-13-12-16-27(28)29/h9-17,20-22,35,38H,5-8,18-19,23-25H2,1-4H3,(H,39,41). The first-order chi connectivity index (χ1) is 23.1. The maximum absolute atomic E-state index is 14.4. The number of aromatic amines is 1. The molecule has 11 heteroatoms. The number of amides is 1. The Hall–Kier alpha value is -3.96. The first kappa shape index (κ1) is 35.3.